The van der Waals surface area contributed by atoms with Crippen molar-refractivity contribution in [3.05, 3.63) is 24.8 Å². The van der Waals surface area contributed by atoms with E-state index in [2.05, 4.69) is 17.0 Å². The average molecular weight is 157 g/mol. The van der Waals surface area contributed by atoms with Gasteiger partial charge in [-0.25, -0.2) is 4.79 Å². The first-order valence-electron chi connectivity index (χ1n) is 3.34. The van der Waals surface area contributed by atoms with E-state index in [4.69, 9.17) is 0 Å². The first kappa shape index (κ1) is 12.4. The Morgan fingerprint density at radius 2 is 2.27 bits per heavy atom. The van der Waals surface area contributed by atoms with Crippen molar-refractivity contribution in [2.75, 3.05) is 6.61 Å². The van der Waals surface area contributed by atoms with Gasteiger partial charge in [-0.2, -0.15) is 0 Å². The van der Waals surface area contributed by atoms with E-state index >= 15 is 0 Å². The molecule has 0 aromatic carbocycles. The standard InChI is InChI=1S/C5H8.C3H7NO2/c1-3-5-4-2;1-2-6-3(4)5/h3-5H,1H2,2H3;2H2,1H3,(H2,4,5). The normalized spacial score (nSPS) is 8.18. The molecule has 0 fully saturated rings. The number of rotatable bonds is 2. The minimum absolute atomic E-state index is 0.356. The fourth-order valence-corrected chi connectivity index (χ4v) is 0.278. The van der Waals surface area contributed by atoms with Gasteiger partial charge in [-0.1, -0.05) is 24.8 Å². The third-order valence-corrected chi connectivity index (χ3v) is 0.615. The SMILES string of the molecule is C=CC=CC.CCOC(N)=O. The molecule has 1 amide bonds. The van der Waals surface area contributed by atoms with Crippen molar-refractivity contribution in [2.45, 2.75) is 13.8 Å². The molecule has 0 aliphatic carbocycles. The van der Waals surface area contributed by atoms with E-state index in [1.165, 1.54) is 0 Å². The molecule has 0 spiro atoms. The van der Waals surface area contributed by atoms with Crippen LogP contribution in [0.25, 0.3) is 0 Å². The van der Waals surface area contributed by atoms with Crippen LogP contribution in [0.15, 0.2) is 24.8 Å². The lowest BCUT2D eigenvalue weighted by atomic mass is 10.5. The second-order valence-corrected chi connectivity index (χ2v) is 1.51. The molecule has 0 rings (SSSR count). The van der Waals surface area contributed by atoms with Crippen molar-refractivity contribution in [1.82, 2.24) is 0 Å². The van der Waals surface area contributed by atoms with Crippen LogP contribution in [0.3, 0.4) is 0 Å². The summed E-state index contributed by atoms with van der Waals surface area (Å²) in [5.74, 6) is 0. The van der Waals surface area contributed by atoms with Gasteiger partial charge in [0.05, 0.1) is 6.61 Å². The van der Waals surface area contributed by atoms with Crippen LogP contribution < -0.4 is 5.73 Å². The zero-order chi connectivity index (χ0) is 9.11. The number of primary amides is 1. The Hall–Kier alpha value is -1.25. The van der Waals surface area contributed by atoms with Gasteiger partial charge in [-0.05, 0) is 13.8 Å². The van der Waals surface area contributed by atoms with Gasteiger partial charge in [0.2, 0.25) is 0 Å². The summed E-state index contributed by atoms with van der Waals surface area (Å²) < 4.78 is 4.18. The molecule has 0 aromatic rings. The fourth-order valence-electron chi connectivity index (χ4n) is 0.278. The summed E-state index contributed by atoms with van der Waals surface area (Å²) in [6.45, 7) is 7.48. The summed E-state index contributed by atoms with van der Waals surface area (Å²) >= 11 is 0. The number of carbonyl (C=O) groups excluding carboxylic acids is 1. The molecule has 3 heteroatoms. The molecular formula is C8H15NO2. The molecule has 0 saturated heterocycles. The number of allylic oxidation sites excluding steroid dienone is 3. The Morgan fingerprint density at radius 1 is 1.73 bits per heavy atom. The molecular weight excluding hydrogens is 142 g/mol. The molecule has 0 heterocycles. The lowest BCUT2D eigenvalue weighted by Gasteiger charge is -1.89. The lowest BCUT2D eigenvalue weighted by Crippen LogP contribution is -2.11. The summed E-state index contributed by atoms with van der Waals surface area (Å²) in [6, 6.07) is 0. The third kappa shape index (κ3) is 28.4. The molecule has 0 unspecified atom stereocenters. The monoisotopic (exact) mass is 157 g/mol. The van der Waals surface area contributed by atoms with E-state index in [9.17, 15) is 4.79 Å². The van der Waals surface area contributed by atoms with Gasteiger partial charge in [0, 0.05) is 0 Å². The molecule has 0 bridgehead atoms. The molecule has 2 N–H and O–H groups in total. The Kier molecular flexibility index (Phi) is 13.0. The number of hydrogen-bond acceptors (Lipinski definition) is 2. The van der Waals surface area contributed by atoms with Crippen LogP contribution in [-0.2, 0) is 4.74 Å². The molecule has 11 heavy (non-hydrogen) atoms. The van der Waals surface area contributed by atoms with Gasteiger partial charge in [0.25, 0.3) is 0 Å². The Labute approximate surface area is 67.5 Å². The van der Waals surface area contributed by atoms with Gasteiger partial charge in [-0.3, -0.25) is 0 Å². The minimum Gasteiger partial charge on any atom is -0.450 e. The van der Waals surface area contributed by atoms with Crippen molar-refractivity contribution < 1.29 is 9.53 Å². The van der Waals surface area contributed by atoms with Crippen LogP contribution in [-0.4, -0.2) is 12.7 Å². The van der Waals surface area contributed by atoms with E-state index in [1.54, 1.807) is 13.0 Å². The Morgan fingerprint density at radius 3 is 2.27 bits per heavy atom. The second kappa shape index (κ2) is 11.5. The molecule has 0 atom stereocenters. The topological polar surface area (TPSA) is 52.3 Å². The fraction of sp³-hybridized carbons (Fsp3) is 0.375. The quantitative estimate of drug-likeness (QED) is 0.622. The van der Waals surface area contributed by atoms with Crippen molar-refractivity contribution >= 4 is 6.09 Å². The van der Waals surface area contributed by atoms with Crippen LogP contribution in [0.4, 0.5) is 4.79 Å². The van der Waals surface area contributed by atoms with E-state index < -0.39 is 6.09 Å². The zero-order valence-electron chi connectivity index (χ0n) is 7.04. The summed E-state index contributed by atoms with van der Waals surface area (Å²) in [6.07, 6.45) is 4.87. The highest BCUT2D eigenvalue weighted by molar-refractivity contribution is 5.64. The minimum atomic E-state index is -0.711. The van der Waals surface area contributed by atoms with Gasteiger partial charge in [-0.15, -0.1) is 0 Å². The van der Waals surface area contributed by atoms with Crippen LogP contribution in [0.5, 0.6) is 0 Å². The first-order chi connectivity index (χ1) is 5.18. The maximum atomic E-state index is 9.60. The molecule has 0 aromatic heterocycles. The summed E-state index contributed by atoms with van der Waals surface area (Å²) in [7, 11) is 0. The Balaban J connectivity index is 0. The van der Waals surface area contributed by atoms with Crippen molar-refractivity contribution in [3.63, 3.8) is 0 Å². The van der Waals surface area contributed by atoms with Gasteiger partial charge < -0.3 is 10.5 Å². The van der Waals surface area contributed by atoms with Crippen LogP contribution in [0, 0.1) is 0 Å². The van der Waals surface area contributed by atoms with Crippen molar-refractivity contribution in [3.8, 4) is 0 Å². The number of ether oxygens (including phenoxy) is 1. The van der Waals surface area contributed by atoms with Crippen LogP contribution in [0.2, 0.25) is 0 Å². The first-order valence-corrected chi connectivity index (χ1v) is 3.34. The van der Waals surface area contributed by atoms with Crippen molar-refractivity contribution in [1.29, 1.82) is 0 Å². The van der Waals surface area contributed by atoms with E-state index in [0.717, 1.165) is 0 Å². The maximum absolute atomic E-state index is 9.60. The van der Waals surface area contributed by atoms with E-state index in [-0.39, 0.29) is 0 Å². The summed E-state index contributed by atoms with van der Waals surface area (Å²) in [4.78, 5) is 9.60. The predicted molar refractivity (Wildman–Crippen MR) is 46.2 cm³/mol. The number of hydrogen-bond donors (Lipinski definition) is 1. The summed E-state index contributed by atoms with van der Waals surface area (Å²) in [5.41, 5.74) is 4.54. The maximum Gasteiger partial charge on any atom is 0.404 e. The molecule has 0 saturated carbocycles. The lowest BCUT2D eigenvalue weighted by molar-refractivity contribution is 0.163. The highest BCUT2D eigenvalue weighted by atomic mass is 16.5. The van der Waals surface area contributed by atoms with Crippen LogP contribution in [0.1, 0.15) is 13.8 Å². The number of nitrogens with two attached hydrogens (primary N) is 1. The van der Waals surface area contributed by atoms with Crippen LogP contribution >= 0.6 is 0 Å². The number of carbonyl (C=O) groups is 1. The molecule has 0 radical (unpaired) electrons. The molecule has 0 aliphatic rings. The predicted octanol–water partition coefficient (Wildman–Crippen LogP) is 1.85. The average Bonchev–Trinajstić information content (AvgIpc) is 1.90. The smallest absolute Gasteiger partial charge is 0.404 e. The largest absolute Gasteiger partial charge is 0.450 e. The number of amides is 1. The second-order valence-electron chi connectivity index (χ2n) is 1.51. The highest BCUT2D eigenvalue weighted by Crippen LogP contribution is 1.66. The Bertz CT molecular complexity index is 130. The molecule has 0 aliphatic heterocycles. The van der Waals surface area contributed by atoms with Crippen molar-refractivity contribution in [2.24, 2.45) is 5.73 Å². The summed E-state index contributed by atoms with van der Waals surface area (Å²) in [5, 5.41) is 0. The highest BCUT2D eigenvalue weighted by Gasteiger charge is 1.82. The van der Waals surface area contributed by atoms with Gasteiger partial charge >= 0.3 is 6.09 Å². The molecule has 64 valence electrons. The van der Waals surface area contributed by atoms with Gasteiger partial charge in [0.15, 0.2) is 0 Å². The van der Waals surface area contributed by atoms with E-state index in [0.29, 0.717) is 6.61 Å². The third-order valence-electron chi connectivity index (χ3n) is 0.615. The van der Waals surface area contributed by atoms with E-state index in [1.807, 2.05) is 19.1 Å². The molecule has 3 nitrogen and oxygen atoms in total. The van der Waals surface area contributed by atoms with Gasteiger partial charge in [0.1, 0.15) is 0 Å². The zero-order valence-corrected chi connectivity index (χ0v) is 7.04.